The third kappa shape index (κ3) is 4.50. The second-order valence-electron chi connectivity index (χ2n) is 5.56. The minimum absolute atomic E-state index is 0.725. The van der Waals surface area contributed by atoms with Gasteiger partial charge in [-0.15, -0.1) is 0 Å². The minimum Gasteiger partial charge on any atom is -0.212 e. The normalized spacial score (nSPS) is 14.2. The van der Waals surface area contributed by atoms with Crippen molar-refractivity contribution in [1.82, 2.24) is 0 Å². The van der Waals surface area contributed by atoms with Gasteiger partial charge in [-0.05, 0) is 19.4 Å². The average Bonchev–Trinajstić information content (AvgIpc) is 2.44. The predicted octanol–water partition coefficient (Wildman–Crippen LogP) is 7.28. The van der Waals surface area contributed by atoms with Crippen LogP contribution < -0.4 is 0 Å². The van der Waals surface area contributed by atoms with Crippen molar-refractivity contribution in [3.8, 4) is 0 Å². The molecule has 0 atom stereocenters. The Kier molecular flexibility index (Phi) is 7.07. The van der Waals surface area contributed by atoms with Crippen molar-refractivity contribution in [2.75, 3.05) is 0 Å². The van der Waals surface area contributed by atoms with Gasteiger partial charge in [0.05, 0.1) is 12.8 Å². The monoisotopic (exact) mass is 432 g/mol. The van der Waals surface area contributed by atoms with E-state index in [4.69, 9.17) is 0 Å². The molecule has 27 heavy (non-hydrogen) atoms. The molecule has 14 heteroatoms. The summed E-state index contributed by atoms with van der Waals surface area (Å²) in [6.45, 7) is 1.45. The summed E-state index contributed by atoms with van der Waals surface area (Å²) in [6.07, 6.45) is -9.95. The number of rotatable bonds is 8. The van der Waals surface area contributed by atoms with Crippen LogP contribution >= 0.6 is 0 Å². The zero-order valence-electron chi connectivity index (χ0n) is 13.2. The maximum atomic E-state index is 13.4. The van der Waals surface area contributed by atoms with Crippen LogP contribution in [0.5, 0.6) is 0 Å². The van der Waals surface area contributed by atoms with Gasteiger partial charge in [0.25, 0.3) is 0 Å². The van der Waals surface area contributed by atoms with E-state index in [1.165, 1.54) is 0 Å². The number of alkyl halides is 10. The van der Waals surface area contributed by atoms with Gasteiger partial charge >= 0.3 is 35.7 Å². The largest absolute Gasteiger partial charge is 0.384 e. The standard InChI is InChI=1S/C13H10F14/c1-5(2)6(14)3-9(18,19)11(22,23)13(26,27)12(24,25)10(20,21)4-7(15)8(16)17/h3-4H2,1-2H3. The minimum atomic E-state index is -7.58. The highest BCUT2D eigenvalue weighted by molar-refractivity contribution is 5.14. The Balaban J connectivity index is 6.19. The molecule has 0 radical (unpaired) electrons. The molecule has 0 unspecified atom stereocenters. The van der Waals surface area contributed by atoms with Gasteiger partial charge in [-0.2, -0.15) is 52.7 Å². The topological polar surface area (TPSA) is 0 Å². The number of allylic oxidation sites excluding steroid dienone is 3. The van der Waals surface area contributed by atoms with Crippen molar-refractivity contribution in [2.45, 2.75) is 56.3 Å². The van der Waals surface area contributed by atoms with Crippen LogP contribution in [0.25, 0.3) is 0 Å². The van der Waals surface area contributed by atoms with E-state index in [1.54, 1.807) is 0 Å². The maximum Gasteiger partial charge on any atom is 0.384 e. The van der Waals surface area contributed by atoms with Gasteiger partial charge in [0.2, 0.25) is 0 Å². The lowest BCUT2D eigenvalue weighted by Gasteiger charge is -2.39. The Morgan fingerprint density at radius 2 is 0.815 bits per heavy atom. The molecular weight excluding hydrogens is 422 g/mol. The fraction of sp³-hybridized carbons (Fsp3) is 0.692. The SMILES string of the molecule is CC(C)=C(F)CC(F)(F)C(F)(F)C(F)(F)C(F)(F)C(F)(F)CC(F)=C(F)F. The molecule has 0 bridgehead atoms. The molecule has 0 saturated heterocycles. The molecule has 0 fully saturated rings. The highest BCUT2D eigenvalue weighted by atomic mass is 19.4. The first-order valence-corrected chi connectivity index (χ1v) is 6.56. The van der Waals surface area contributed by atoms with Crippen molar-refractivity contribution < 1.29 is 61.5 Å². The van der Waals surface area contributed by atoms with Crippen molar-refractivity contribution in [3.05, 3.63) is 23.3 Å². The maximum absolute atomic E-state index is 13.4. The zero-order valence-corrected chi connectivity index (χ0v) is 13.2. The lowest BCUT2D eigenvalue weighted by molar-refractivity contribution is -0.401. The van der Waals surface area contributed by atoms with Gasteiger partial charge < -0.3 is 0 Å². The van der Waals surface area contributed by atoms with E-state index in [-0.39, 0.29) is 0 Å². The lowest BCUT2D eigenvalue weighted by atomic mass is 9.91. The molecule has 0 aromatic rings. The first-order chi connectivity index (χ1) is 11.7. The Labute approximate surface area is 142 Å². The Bertz CT molecular complexity index is 553. The van der Waals surface area contributed by atoms with Crippen molar-refractivity contribution in [1.29, 1.82) is 0 Å². The number of hydrogen-bond acceptors (Lipinski definition) is 0. The summed E-state index contributed by atoms with van der Waals surface area (Å²) in [5, 5.41) is 0. The van der Waals surface area contributed by atoms with Gasteiger partial charge in [-0.3, -0.25) is 0 Å². The summed E-state index contributed by atoms with van der Waals surface area (Å²) in [7, 11) is 0. The van der Waals surface area contributed by atoms with Crippen LogP contribution in [0.3, 0.4) is 0 Å². The third-order valence-electron chi connectivity index (χ3n) is 3.21. The highest BCUT2D eigenvalue weighted by Gasteiger charge is 2.86. The van der Waals surface area contributed by atoms with Gasteiger partial charge in [0.15, 0.2) is 5.83 Å². The molecule has 0 amide bonds. The second-order valence-corrected chi connectivity index (χ2v) is 5.56. The number of halogens is 14. The van der Waals surface area contributed by atoms with Crippen LogP contribution in [0.1, 0.15) is 26.7 Å². The van der Waals surface area contributed by atoms with Crippen LogP contribution in [0.4, 0.5) is 61.5 Å². The molecule has 0 aliphatic rings. The zero-order chi connectivity index (χ0) is 22.2. The first kappa shape index (κ1) is 25.5. The quantitative estimate of drug-likeness (QED) is 0.354. The van der Waals surface area contributed by atoms with Crippen LogP contribution in [0.2, 0.25) is 0 Å². The Hall–Kier alpha value is -1.50. The van der Waals surface area contributed by atoms with E-state index in [0.29, 0.717) is 0 Å². The molecule has 0 aliphatic carbocycles. The molecule has 0 rings (SSSR count). The highest BCUT2D eigenvalue weighted by Crippen LogP contribution is 2.59. The van der Waals surface area contributed by atoms with Crippen LogP contribution in [0, 0.1) is 0 Å². The molecule has 0 aromatic heterocycles. The van der Waals surface area contributed by atoms with Crippen LogP contribution in [-0.2, 0) is 0 Å². The van der Waals surface area contributed by atoms with Crippen LogP contribution in [0.15, 0.2) is 23.3 Å². The molecule has 0 N–H and O–H groups in total. The fourth-order valence-electron chi connectivity index (χ4n) is 1.51. The number of hydrogen-bond donors (Lipinski definition) is 0. The van der Waals surface area contributed by atoms with E-state index in [2.05, 4.69) is 0 Å². The van der Waals surface area contributed by atoms with Crippen molar-refractivity contribution in [2.24, 2.45) is 0 Å². The van der Waals surface area contributed by atoms with E-state index in [9.17, 15) is 61.5 Å². The van der Waals surface area contributed by atoms with Gasteiger partial charge in [0.1, 0.15) is 5.83 Å². The second kappa shape index (κ2) is 7.49. The smallest absolute Gasteiger partial charge is 0.212 e. The first-order valence-electron chi connectivity index (χ1n) is 6.56. The Morgan fingerprint density at radius 3 is 1.07 bits per heavy atom. The third-order valence-corrected chi connectivity index (χ3v) is 3.21. The molecular formula is C13H10F14. The van der Waals surface area contributed by atoms with E-state index in [0.717, 1.165) is 13.8 Å². The summed E-state index contributed by atoms with van der Waals surface area (Å²) in [4.78, 5) is 0. The van der Waals surface area contributed by atoms with E-state index in [1.807, 2.05) is 0 Å². The van der Waals surface area contributed by atoms with Crippen molar-refractivity contribution >= 4 is 0 Å². The average molecular weight is 432 g/mol. The lowest BCUT2D eigenvalue weighted by Crippen LogP contribution is -2.67. The summed E-state index contributed by atoms with van der Waals surface area (Å²) < 4.78 is 182. The van der Waals surface area contributed by atoms with Gasteiger partial charge in [-0.25, -0.2) is 8.78 Å². The molecule has 0 heterocycles. The molecule has 0 nitrogen and oxygen atoms in total. The Morgan fingerprint density at radius 1 is 0.519 bits per heavy atom. The molecule has 0 aromatic carbocycles. The fourth-order valence-corrected chi connectivity index (χ4v) is 1.51. The van der Waals surface area contributed by atoms with E-state index >= 15 is 0 Å². The summed E-state index contributed by atoms with van der Waals surface area (Å²) >= 11 is 0. The van der Waals surface area contributed by atoms with Gasteiger partial charge in [-0.1, -0.05) is 0 Å². The molecule has 160 valence electrons. The predicted molar refractivity (Wildman–Crippen MR) is 63.8 cm³/mol. The summed E-state index contributed by atoms with van der Waals surface area (Å²) in [6, 6.07) is 0. The van der Waals surface area contributed by atoms with Crippen LogP contribution in [-0.4, -0.2) is 29.6 Å². The van der Waals surface area contributed by atoms with Gasteiger partial charge in [0, 0.05) is 0 Å². The van der Waals surface area contributed by atoms with Crippen molar-refractivity contribution in [3.63, 3.8) is 0 Å². The molecule has 0 spiro atoms. The van der Waals surface area contributed by atoms with E-state index < -0.39 is 65.8 Å². The molecule has 0 saturated carbocycles. The molecule has 0 aliphatic heterocycles. The summed E-state index contributed by atoms with van der Waals surface area (Å²) in [5.74, 6) is -40.6. The summed E-state index contributed by atoms with van der Waals surface area (Å²) in [5.41, 5.74) is -0.725.